The van der Waals surface area contributed by atoms with E-state index in [0.29, 0.717) is 6.42 Å². The molecule has 0 spiro atoms. The second-order valence-corrected chi connectivity index (χ2v) is 5.16. The molecule has 1 unspecified atom stereocenters. The predicted octanol–water partition coefficient (Wildman–Crippen LogP) is 3.56. The van der Waals surface area contributed by atoms with Crippen LogP contribution in [0.5, 0.6) is 5.75 Å². The number of amides is 1. The molecular formula is C16H14ClF3N2O2. The summed E-state index contributed by atoms with van der Waals surface area (Å²) in [5.41, 5.74) is 6.17. The van der Waals surface area contributed by atoms with Gasteiger partial charge in [0.1, 0.15) is 11.6 Å². The Hall–Kier alpha value is -2.25. The van der Waals surface area contributed by atoms with E-state index in [9.17, 15) is 18.0 Å². The summed E-state index contributed by atoms with van der Waals surface area (Å²) in [6.07, 6.45) is 0.443. The largest absolute Gasteiger partial charge is 0.492 e. The molecule has 1 amide bonds. The standard InChI is InChI=1S/C16H13F3N2O2.ClH/c17-10-3-1-8(7-12(10)19)21-16(22)9-2-4-11(18)14-13(20)5-6-23-15(9)14;/h1-4,7,13H,5-6,20H2,(H,21,22);1H. The van der Waals surface area contributed by atoms with Crippen molar-refractivity contribution in [2.75, 3.05) is 11.9 Å². The van der Waals surface area contributed by atoms with Crippen molar-refractivity contribution in [3.63, 3.8) is 0 Å². The molecule has 1 heterocycles. The molecule has 8 heteroatoms. The summed E-state index contributed by atoms with van der Waals surface area (Å²) in [5.74, 6) is -3.18. The van der Waals surface area contributed by atoms with Crippen molar-refractivity contribution in [1.29, 1.82) is 0 Å². The van der Waals surface area contributed by atoms with Crippen LogP contribution in [-0.2, 0) is 0 Å². The summed E-state index contributed by atoms with van der Waals surface area (Å²) in [7, 11) is 0. The molecule has 0 aliphatic carbocycles. The Kier molecular flexibility index (Phi) is 5.36. The van der Waals surface area contributed by atoms with Crippen LogP contribution >= 0.6 is 12.4 Å². The Bertz CT molecular complexity index is 786. The van der Waals surface area contributed by atoms with Gasteiger partial charge in [0.25, 0.3) is 5.91 Å². The number of fused-ring (bicyclic) bond motifs is 1. The molecule has 4 nitrogen and oxygen atoms in total. The van der Waals surface area contributed by atoms with Crippen LogP contribution in [0.1, 0.15) is 28.4 Å². The number of halogens is 4. The molecule has 0 fully saturated rings. The highest BCUT2D eigenvalue weighted by Gasteiger charge is 2.27. The summed E-state index contributed by atoms with van der Waals surface area (Å²) in [5, 5.41) is 2.42. The lowest BCUT2D eigenvalue weighted by molar-refractivity contribution is 0.102. The van der Waals surface area contributed by atoms with Crippen LogP contribution in [-0.4, -0.2) is 12.5 Å². The van der Waals surface area contributed by atoms with Crippen molar-refractivity contribution in [2.45, 2.75) is 12.5 Å². The highest BCUT2D eigenvalue weighted by Crippen LogP contribution is 2.36. The maximum absolute atomic E-state index is 13.9. The average molecular weight is 359 g/mol. The number of hydrogen-bond donors (Lipinski definition) is 2. The number of rotatable bonds is 2. The first-order valence-corrected chi connectivity index (χ1v) is 6.94. The van der Waals surface area contributed by atoms with Crippen molar-refractivity contribution in [2.24, 2.45) is 5.73 Å². The molecule has 1 aliphatic rings. The quantitative estimate of drug-likeness (QED) is 0.862. The Morgan fingerprint density at radius 3 is 2.54 bits per heavy atom. The summed E-state index contributed by atoms with van der Waals surface area (Å²) < 4.78 is 45.4. The van der Waals surface area contributed by atoms with E-state index in [4.69, 9.17) is 10.5 Å². The van der Waals surface area contributed by atoms with Crippen molar-refractivity contribution in [3.05, 3.63) is 58.9 Å². The van der Waals surface area contributed by atoms with E-state index < -0.39 is 29.4 Å². The number of ether oxygens (including phenoxy) is 1. The maximum Gasteiger partial charge on any atom is 0.259 e. The van der Waals surface area contributed by atoms with Gasteiger partial charge in [-0.2, -0.15) is 0 Å². The number of hydrogen-bond acceptors (Lipinski definition) is 3. The van der Waals surface area contributed by atoms with E-state index in [1.165, 1.54) is 12.1 Å². The first-order valence-electron chi connectivity index (χ1n) is 6.94. The highest BCUT2D eigenvalue weighted by molar-refractivity contribution is 6.06. The Morgan fingerprint density at radius 2 is 1.83 bits per heavy atom. The van der Waals surface area contributed by atoms with Crippen LogP contribution in [0.2, 0.25) is 0 Å². The van der Waals surface area contributed by atoms with Gasteiger partial charge < -0.3 is 15.8 Å². The van der Waals surface area contributed by atoms with Crippen LogP contribution in [0.15, 0.2) is 30.3 Å². The first kappa shape index (κ1) is 18.1. The number of nitrogens with one attached hydrogen (secondary N) is 1. The highest BCUT2D eigenvalue weighted by atomic mass is 35.5. The van der Waals surface area contributed by atoms with Gasteiger partial charge in [-0.3, -0.25) is 4.79 Å². The third-order valence-corrected chi connectivity index (χ3v) is 3.61. The molecule has 0 radical (unpaired) electrons. The molecule has 0 aromatic heterocycles. The molecule has 0 saturated carbocycles. The topological polar surface area (TPSA) is 64.3 Å². The Balaban J connectivity index is 0.00000208. The number of anilines is 1. The van der Waals surface area contributed by atoms with Crippen LogP contribution in [0.4, 0.5) is 18.9 Å². The van der Waals surface area contributed by atoms with Gasteiger partial charge in [0.15, 0.2) is 11.6 Å². The molecule has 3 N–H and O–H groups in total. The van der Waals surface area contributed by atoms with Crippen LogP contribution in [0.25, 0.3) is 0 Å². The maximum atomic E-state index is 13.9. The summed E-state index contributed by atoms with van der Waals surface area (Å²) in [6.45, 7) is 0.267. The second kappa shape index (κ2) is 7.11. The van der Waals surface area contributed by atoms with Gasteiger partial charge in [-0.25, -0.2) is 13.2 Å². The van der Waals surface area contributed by atoms with Crippen molar-refractivity contribution >= 4 is 24.0 Å². The predicted molar refractivity (Wildman–Crippen MR) is 85.0 cm³/mol. The van der Waals surface area contributed by atoms with E-state index in [0.717, 1.165) is 18.2 Å². The normalized spacial score (nSPS) is 15.8. The van der Waals surface area contributed by atoms with Crippen molar-refractivity contribution in [1.82, 2.24) is 0 Å². The van der Waals surface area contributed by atoms with Gasteiger partial charge in [-0.05, 0) is 24.3 Å². The molecular weight excluding hydrogens is 345 g/mol. The summed E-state index contributed by atoms with van der Waals surface area (Å²) in [6, 6.07) is 4.82. The molecule has 2 aromatic carbocycles. The van der Waals surface area contributed by atoms with E-state index in [2.05, 4.69) is 5.32 Å². The zero-order chi connectivity index (χ0) is 16.6. The third kappa shape index (κ3) is 3.32. The lowest BCUT2D eigenvalue weighted by Crippen LogP contribution is -2.25. The van der Waals surface area contributed by atoms with E-state index >= 15 is 0 Å². The Labute approximate surface area is 142 Å². The van der Waals surface area contributed by atoms with Gasteiger partial charge in [-0.1, -0.05) is 0 Å². The molecule has 24 heavy (non-hydrogen) atoms. The van der Waals surface area contributed by atoms with Gasteiger partial charge in [0.05, 0.1) is 12.2 Å². The van der Waals surface area contributed by atoms with Crippen LogP contribution in [0.3, 0.4) is 0 Å². The van der Waals surface area contributed by atoms with E-state index in [1.807, 2.05) is 0 Å². The molecule has 2 aromatic rings. The van der Waals surface area contributed by atoms with Crippen LogP contribution in [0, 0.1) is 17.5 Å². The van der Waals surface area contributed by atoms with Crippen molar-refractivity contribution in [3.8, 4) is 5.75 Å². The number of nitrogens with two attached hydrogens (primary N) is 1. The third-order valence-electron chi connectivity index (χ3n) is 3.61. The van der Waals surface area contributed by atoms with Crippen molar-refractivity contribution < 1.29 is 22.7 Å². The van der Waals surface area contributed by atoms with E-state index in [-0.39, 0.29) is 41.6 Å². The fraction of sp³-hybridized carbons (Fsp3) is 0.188. The fourth-order valence-electron chi connectivity index (χ4n) is 2.46. The number of carbonyl (C=O) groups is 1. The van der Waals surface area contributed by atoms with E-state index in [1.54, 1.807) is 0 Å². The Morgan fingerprint density at radius 1 is 1.12 bits per heavy atom. The van der Waals surface area contributed by atoms with Gasteiger partial charge >= 0.3 is 0 Å². The summed E-state index contributed by atoms with van der Waals surface area (Å²) in [4.78, 5) is 12.3. The lowest BCUT2D eigenvalue weighted by Gasteiger charge is -2.25. The minimum absolute atomic E-state index is 0. The minimum Gasteiger partial charge on any atom is -0.492 e. The molecule has 128 valence electrons. The van der Waals surface area contributed by atoms with Crippen LogP contribution < -0.4 is 15.8 Å². The number of benzene rings is 2. The zero-order valence-corrected chi connectivity index (χ0v) is 13.1. The second-order valence-electron chi connectivity index (χ2n) is 5.16. The first-order chi connectivity index (χ1) is 11.0. The SMILES string of the molecule is Cl.NC1CCOc2c(C(=O)Nc3ccc(F)c(F)c3)ccc(F)c21. The molecule has 0 bridgehead atoms. The molecule has 3 rings (SSSR count). The van der Waals surface area contributed by atoms with Gasteiger partial charge in [0, 0.05) is 29.8 Å². The summed E-state index contributed by atoms with van der Waals surface area (Å²) >= 11 is 0. The average Bonchev–Trinajstić information content (AvgIpc) is 2.51. The monoisotopic (exact) mass is 358 g/mol. The minimum atomic E-state index is -1.08. The number of carbonyl (C=O) groups excluding carboxylic acids is 1. The van der Waals surface area contributed by atoms with Gasteiger partial charge in [-0.15, -0.1) is 12.4 Å². The van der Waals surface area contributed by atoms with Gasteiger partial charge in [0.2, 0.25) is 0 Å². The lowest BCUT2D eigenvalue weighted by atomic mass is 9.97. The molecule has 0 saturated heterocycles. The molecule has 1 atom stereocenters. The zero-order valence-electron chi connectivity index (χ0n) is 12.3. The molecule has 1 aliphatic heterocycles. The smallest absolute Gasteiger partial charge is 0.259 e. The fourth-order valence-corrected chi connectivity index (χ4v) is 2.46.